The van der Waals surface area contributed by atoms with Crippen LogP contribution in [0.2, 0.25) is 0 Å². The molecule has 0 spiro atoms. The number of nitrogens with zero attached hydrogens (tertiary/aromatic N) is 6. The highest BCUT2D eigenvalue weighted by Crippen LogP contribution is 2.33. The number of hydrazine groups is 1. The van der Waals surface area contributed by atoms with Crippen molar-refractivity contribution in [2.75, 3.05) is 62.7 Å². The third kappa shape index (κ3) is 35.5. The monoisotopic (exact) mass is 1960 g/mol. The second-order valence-electron chi connectivity index (χ2n) is 32.3. The summed E-state index contributed by atoms with van der Waals surface area (Å²) in [6.07, 6.45) is -18.4. The van der Waals surface area contributed by atoms with Gasteiger partial charge < -0.3 is 134 Å². The predicted octanol–water partition coefficient (Wildman–Crippen LogP) is -3.72. The second-order valence-corrected chi connectivity index (χ2v) is 35.8. The Labute approximate surface area is 785 Å². The van der Waals surface area contributed by atoms with E-state index in [4.69, 9.17) is 19.9 Å². The number of likely N-dealkylation sites (tertiary alicyclic amines) is 1. The number of aliphatic hydroxyl groups is 10. The molecule has 2 aromatic carbocycles. The summed E-state index contributed by atoms with van der Waals surface area (Å²) < 4.78 is 16.7. The number of benzene rings is 2. The molecule has 1 aliphatic rings. The number of carboxylic acids is 2. The fourth-order valence-electron chi connectivity index (χ4n) is 13.8. The van der Waals surface area contributed by atoms with Crippen molar-refractivity contribution in [1.29, 1.82) is 0 Å². The number of phenols is 1. The van der Waals surface area contributed by atoms with Crippen LogP contribution in [0.3, 0.4) is 0 Å². The molecule has 3 unspecified atom stereocenters. The van der Waals surface area contributed by atoms with Crippen LogP contribution >= 0.6 is 32.9 Å². The first-order valence-corrected chi connectivity index (χ1v) is 46.4. The summed E-state index contributed by atoms with van der Waals surface area (Å²) in [7, 11) is 3.44. The van der Waals surface area contributed by atoms with E-state index in [1.165, 1.54) is 66.7 Å². The maximum Gasteiger partial charge on any atom is 0.426 e. The lowest BCUT2D eigenvalue weighted by atomic mass is 9.92. The van der Waals surface area contributed by atoms with Gasteiger partial charge >= 0.3 is 30.0 Å². The number of carbonyl (C=O) groups is 14. The molecular weight excluding hydrogens is 1840 g/mol. The molecule has 52 heteroatoms. The van der Waals surface area contributed by atoms with E-state index in [1.54, 1.807) is 19.1 Å². The molecule has 3 aromatic heterocycles. The Bertz CT molecular complexity index is 4870. The summed E-state index contributed by atoms with van der Waals surface area (Å²) in [5.74, 6) is -17.3. The molecule has 26 N–H and O–H groups in total. The third-order valence-electron chi connectivity index (χ3n) is 21.5. The number of nitrogens with one attached hydrogen (secondary N) is 11. The van der Waals surface area contributed by atoms with Gasteiger partial charge in [0.15, 0.2) is 30.3 Å². The van der Waals surface area contributed by atoms with Crippen molar-refractivity contribution in [1.82, 2.24) is 82.8 Å². The quantitative estimate of drug-likeness (QED) is 0.00444. The summed E-state index contributed by atoms with van der Waals surface area (Å²) in [4.78, 5) is 225. The van der Waals surface area contributed by atoms with Crippen molar-refractivity contribution in [3.8, 4) is 5.75 Å². The van der Waals surface area contributed by atoms with E-state index in [0.717, 1.165) is 45.8 Å². The number of carbonyl (C=O) groups excluding carboxylic acids is 12. The molecule has 0 aliphatic carbocycles. The van der Waals surface area contributed by atoms with Gasteiger partial charge in [0.25, 0.3) is 17.4 Å². The van der Waals surface area contributed by atoms with E-state index in [0.29, 0.717) is 42.8 Å². The molecule has 1 saturated heterocycles. The maximum atomic E-state index is 15.1. The number of aromatic hydroxyl groups is 1. The Kier molecular flexibility index (Phi) is 46.0. The molecule has 18 atom stereocenters. The molecule has 0 radical (unpaired) electrons. The average Bonchev–Trinajstić information content (AvgIpc) is 1.77. The van der Waals surface area contributed by atoms with Gasteiger partial charge in [0.1, 0.15) is 95.9 Å². The number of thiazole rings is 1. The van der Waals surface area contributed by atoms with E-state index in [1.807, 2.05) is 60.9 Å². The largest absolute Gasteiger partial charge is 0.508 e. The minimum Gasteiger partial charge on any atom is -0.508 e. The Balaban J connectivity index is 1.05. The third-order valence-corrected chi connectivity index (χ3v) is 24.9. The van der Waals surface area contributed by atoms with Crippen molar-refractivity contribution in [2.45, 2.75) is 235 Å². The number of phenolic OH excluding ortho intramolecular Hbond substituents is 1. The number of aromatic nitrogens is 5. The van der Waals surface area contributed by atoms with Crippen LogP contribution in [0.4, 0.5) is 16.4 Å². The van der Waals surface area contributed by atoms with Crippen molar-refractivity contribution in [2.24, 2.45) is 17.8 Å². The first kappa shape index (κ1) is 112. The molecule has 0 bridgehead atoms. The lowest BCUT2D eigenvalue weighted by Crippen LogP contribution is -2.65. The van der Waals surface area contributed by atoms with E-state index < -0.39 is 250 Å². The van der Waals surface area contributed by atoms with Crippen molar-refractivity contribution in [3.63, 3.8) is 0 Å². The molecule has 0 saturated carbocycles. The number of esters is 2. The number of ether oxygens (including phenoxy) is 3. The summed E-state index contributed by atoms with van der Waals surface area (Å²) in [6.45, 7) is 9.00. The minimum absolute atomic E-state index is 0.00250. The van der Waals surface area contributed by atoms with E-state index in [-0.39, 0.29) is 88.9 Å². The van der Waals surface area contributed by atoms with Gasteiger partial charge in [-0.15, -0.1) is 11.3 Å². The number of nitrogens with two attached hydrogens (primary N) is 1. The van der Waals surface area contributed by atoms with Gasteiger partial charge in [0, 0.05) is 78.7 Å². The number of aliphatic hydroxyl groups excluding tert-OH is 9. The van der Waals surface area contributed by atoms with Crippen LogP contribution in [0.1, 0.15) is 162 Å². The number of likely N-dealkylation sites (N-methyl/N-ethyl adjacent to an activating group) is 1. The van der Waals surface area contributed by atoms with Gasteiger partial charge in [0.2, 0.25) is 47.3 Å². The van der Waals surface area contributed by atoms with E-state index in [2.05, 4.69) is 57.0 Å². The molecule has 135 heavy (non-hydrogen) atoms. The number of amides is 10. The number of anilines is 2. The number of hydrogen-bond donors (Lipinski definition) is 25. The summed E-state index contributed by atoms with van der Waals surface area (Å²) in [5.41, 5.74) is 10.3. The summed E-state index contributed by atoms with van der Waals surface area (Å²) >= 11 is 0.975. The number of rotatable bonds is 55. The number of aromatic amines is 1. The first-order valence-electron chi connectivity index (χ1n) is 43.0. The minimum atomic E-state index is -2.71. The number of piperidine rings is 1. The molecule has 1 aliphatic heterocycles. The first-order chi connectivity index (χ1) is 63.9. The van der Waals surface area contributed by atoms with E-state index >= 15 is 4.79 Å². The van der Waals surface area contributed by atoms with Crippen LogP contribution in [0.25, 0.3) is 11.2 Å². The summed E-state index contributed by atoms with van der Waals surface area (Å²) in [5, 5.41) is 155. The molecule has 49 nitrogen and oxygen atoms in total. The Morgan fingerprint density at radius 1 is 0.681 bits per heavy atom. The Hall–Kier alpha value is -11.7. The van der Waals surface area contributed by atoms with Gasteiger partial charge in [-0.1, -0.05) is 88.1 Å². The summed E-state index contributed by atoms with van der Waals surface area (Å²) in [6, 6.07) is -3.20. The Morgan fingerprint density at radius 3 is 1.91 bits per heavy atom. The van der Waals surface area contributed by atoms with Crippen LogP contribution in [0.5, 0.6) is 5.75 Å². The van der Waals surface area contributed by atoms with Crippen molar-refractivity contribution in [3.05, 3.63) is 98.0 Å². The molecular formula is C83H120N18O31S3. The van der Waals surface area contributed by atoms with Crippen molar-refractivity contribution < 1.29 is 148 Å². The van der Waals surface area contributed by atoms with Crippen LogP contribution in [0, 0.1) is 17.8 Å². The Morgan fingerprint density at radius 2 is 1.32 bits per heavy atom. The molecule has 746 valence electrons. The topological polar surface area (TPSA) is 767 Å². The van der Waals surface area contributed by atoms with Gasteiger partial charge in [-0.2, -0.15) is 4.98 Å². The normalized spacial score (nSPS) is 16.6. The smallest absolute Gasteiger partial charge is 0.426 e. The fraction of sp³-hybridized carbons (Fsp3) is 0.578. The highest BCUT2D eigenvalue weighted by molar-refractivity contribution is 8.76. The molecule has 5 aromatic rings. The van der Waals surface area contributed by atoms with Gasteiger partial charge in [-0.05, 0) is 106 Å². The second kappa shape index (κ2) is 55.4. The zero-order valence-corrected chi connectivity index (χ0v) is 77.6. The van der Waals surface area contributed by atoms with Crippen LogP contribution in [-0.2, 0) is 79.9 Å². The number of fused-ring (bicyclic) bond motifs is 1. The molecule has 10 amide bonds. The number of carboxylic acid groups (broad SMARTS) is 2. The number of H-pyrrole nitrogens is 1. The SMILES string of the molecule is CCCC(=O)OCN(C(=O)[C@@H](NC(=O)[C@H]1CCCCN1C)C(C)CC)[C@H](C[C@@H](OC(C)=O)c1nc(C(=O)N[C@@H](Cc2ccc(O)cc2)C[C@H](C)C(=O)NNC(=O)OCCSSC[C@@H](NC(=O)C(NC(=O)[C@H](CC(O)O)NC(=O)C(NC(=O)CC[C@H](NC(=O)c2ccc(NCc3cnc4nc(N)[nH]c(=O)c4n3)cc2)C(=O)O)[C@@H](O)[C@H](O)[C@H](O)CO)[C@@H](O)[C@H](O)[C@H](O)CO)C(=O)O)cs1)C(C)C. The van der Waals surface area contributed by atoms with Crippen LogP contribution < -0.4 is 64.7 Å². The fourth-order valence-corrected chi connectivity index (χ4v) is 16.6. The van der Waals surface area contributed by atoms with Gasteiger partial charge in [-0.25, -0.2) is 34.8 Å². The van der Waals surface area contributed by atoms with Crippen LogP contribution in [-0.4, -0.2) is 333 Å². The zero-order chi connectivity index (χ0) is 100. The standard InChI is InChI=1S/C83H120N18O31S3/c1-9-13-60(111)131-38-101(79(124)61(40(5)10-2)94-74(120)53-14-11-12-25-100(53)8)54(39(3)4)31-57(132-42(7)104)78-92-51(36-133-78)73(119)88-46(29-43-15-21-48(105)22-16-43)28-41(6)70(116)98-99-83(129)130-26-27-134-135-37-52(81(127)128)91-76(122)63(68(115)66(113)56(107)35-103)95-72(118)50(30-59(109)110)90-75(121)62(67(114)65(112)55(106)34-102)93-58(108)24-23-49(80(125)126)89-71(117)44-17-19-45(20-18-44)85-32-47-33-86-69-64(87-47)77(123)97-82(84)96-69/h15-22,33,36,39-41,46,49-50,52-57,59,61-63,65-68,85,102-103,105-107,109-110,112-115H,9-14,23-32,34-35,37-38H2,1-8H3,(H,88,119)(H,89,117)(H,90,121)(H,91,122)(H,93,108)(H,94,120)(H,95,118)(H,98,116)(H,99,129)(H,125,126)(H,127,128)(H3,84,86,96,97,123)/t40?,41-,46+,49-,50-,52+,53+,54+,55+,56+,57+,61-,62?,63?,65+,66+,67+,68+/m0/s1. The maximum absolute atomic E-state index is 15.1. The number of hydrogen-bond acceptors (Lipinski definition) is 39. The highest BCUT2D eigenvalue weighted by atomic mass is 33.1. The lowest BCUT2D eigenvalue weighted by Gasteiger charge is -2.39. The highest BCUT2D eigenvalue weighted by Gasteiger charge is 2.45. The molecule has 1 fully saturated rings. The zero-order valence-electron chi connectivity index (χ0n) is 75.1. The van der Waals surface area contributed by atoms with E-state index in [9.17, 15) is 134 Å². The molecule has 4 heterocycles. The molecule has 6 rings (SSSR count). The van der Waals surface area contributed by atoms with Crippen molar-refractivity contribution >= 4 is 139 Å². The number of nitrogen functional groups attached to an aromatic ring is 1. The van der Waals surface area contributed by atoms with Crippen LogP contribution in [0.15, 0.2) is 64.9 Å². The van der Waals surface area contributed by atoms with Gasteiger partial charge in [-0.3, -0.25) is 72.8 Å². The predicted molar refractivity (Wildman–Crippen MR) is 481 cm³/mol. The van der Waals surface area contributed by atoms with Gasteiger partial charge in [0.05, 0.1) is 37.7 Å². The average molecular weight is 1960 g/mol. The lowest BCUT2D eigenvalue weighted by molar-refractivity contribution is -0.160. The number of aliphatic carboxylic acids is 2.